The van der Waals surface area contributed by atoms with Crippen molar-refractivity contribution in [1.82, 2.24) is 16.0 Å². The number of benzene rings is 3. The molecule has 9 N–H and O–H groups in total. The van der Waals surface area contributed by atoms with Crippen molar-refractivity contribution in [3.05, 3.63) is 106 Å². The molecule has 3 saturated carbocycles. The average molecular weight is 1170 g/mol. The first-order chi connectivity index (χ1) is 40.4. The average Bonchev–Trinajstić information content (AvgIpc) is 1.90. The van der Waals surface area contributed by atoms with Crippen LogP contribution in [0.15, 0.2) is 72.8 Å². The highest BCUT2D eigenvalue weighted by atomic mass is 16.4. The predicted molar refractivity (Wildman–Crippen MR) is 331 cm³/mol. The predicted octanol–water partition coefficient (Wildman–Crippen LogP) is 14.0. The van der Waals surface area contributed by atoms with Gasteiger partial charge < -0.3 is 46.6 Å². The Morgan fingerprint density at radius 3 is 0.750 bits per heavy atom. The van der Waals surface area contributed by atoms with Gasteiger partial charge in [0, 0.05) is 31.2 Å². The first-order valence-electron chi connectivity index (χ1n) is 32.3. The van der Waals surface area contributed by atoms with Crippen LogP contribution in [0.2, 0.25) is 0 Å². The van der Waals surface area contributed by atoms with Gasteiger partial charge in [-0.05, 0) is 123 Å². The fourth-order valence-electron chi connectivity index (χ4n) is 11.8. The van der Waals surface area contributed by atoms with Gasteiger partial charge in [-0.1, -0.05) is 222 Å². The molecule has 3 aromatic carbocycles. The SMILES string of the molecule is CCCCCCCCCCc1ccc(CCNC2CC(C(=O)O)(C(=O)O)C2)cc1.CCCCCCCCCCc1ccc(CNC2CC(C(=O)O)(C(=O)O)C2)cc1.CCCCCCCCCc1ccc(CNC2CC(C(=O)O)(C(=O)O)C2)cc1. The van der Waals surface area contributed by atoms with Gasteiger partial charge in [-0.2, -0.15) is 0 Å². The Morgan fingerprint density at radius 2 is 0.512 bits per heavy atom. The van der Waals surface area contributed by atoms with Crippen LogP contribution in [-0.4, -0.2) is 91.1 Å². The number of aliphatic carboxylic acids is 6. The van der Waals surface area contributed by atoms with Gasteiger partial charge in [0.25, 0.3) is 0 Å². The van der Waals surface area contributed by atoms with E-state index in [1.165, 1.54) is 170 Å². The van der Waals surface area contributed by atoms with E-state index >= 15 is 0 Å². The van der Waals surface area contributed by atoms with Crippen LogP contribution < -0.4 is 16.0 Å². The molecule has 0 aromatic heterocycles. The molecule has 0 saturated heterocycles. The van der Waals surface area contributed by atoms with Crippen LogP contribution in [-0.2, 0) is 67.5 Å². The molecule has 15 heteroatoms. The zero-order valence-corrected chi connectivity index (χ0v) is 51.2. The molecule has 3 aliphatic rings. The number of hydrogen-bond donors (Lipinski definition) is 9. The molecule has 3 fully saturated rings. The largest absolute Gasteiger partial charge is 0.480 e. The molecule has 0 heterocycles. The standard InChI is InChI=1S/C24H37NO4.C23H35NO4.C22H33NO4/c1-2-3-4-5-6-7-8-9-10-19-11-13-20(14-12-19)15-16-25-21-17-24(18-21,22(26)27)23(28)29;1-2-3-4-5-6-7-8-9-10-18-11-13-19(14-12-18)17-24-20-15-23(16-20,21(25)26)22(27)28;1-2-3-4-5-6-7-8-9-17-10-12-18(13-11-17)16-23-19-14-22(15-19,20(24)25)21(26)27/h11-14,21,25H,2-10,15-18H2,1H3,(H,26,27)(H,28,29);11-14,20,24H,2-10,15-17H2,1H3,(H,25,26)(H,27,28);10-13,19,23H,2-9,14-16H2,1H3,(H,24,25)(H,26,27). The molecule has 0 bridgehead atoms. The molecule has 3 aromatic rings. The molecule has 0 unspecified atom stereocenters. The van der Waals surface area contributed by atoms with E-state index in [-0.39, 0.29) is 56.7 Å². The number of carbonyl (C=O) groups is 6. The minimum absolute atomic E-state index is 0.0246. The van der Waals surface area contributed by atoms with Crippen LogP contribution in [0.25, 0.3) is 0 Å². The Kier molecular flexibility index (Phi) is 32.4. The lowest BCUT2D eigenvalue weighted by Gasteiger charge is -2.41. The van der Waals surface area contributed by atoms with Gasteiger partial charge >= 0.3 is 35.8 Å². The first-order valence-corrected chi connectivity index (χ1v) is 32.3. The Morgan fingerprint density at radius 1 is 0.310 bits per heavy atom. The molecular formula is C69H105N3O12. The third-order valence-corrected chi connectivity index (χ3v) is 17.8. The van der Waals surface area contributed by atoms with E-state index in [2.05, 4.69) is 110 Å². The van der Waals surface area contributed by atoms with Crippen molar-refractivity contribution < 1.29 is 59.4 Å². The van der Waals surface area contributed by atoms with E-state index in [4.69, 9.17) is 30.6 Å². The van der Waals surface area contributed by atoms with Crippen molar-refractivity contribution in [2.75, 3.05) is 6.54 Å². The van der Waals surface area contributed by atoms with Crippen molar-refractivity contribution in [2.45, 2.75) is 264 Å². The van der Waals surface area contributed by atoms with E-state index in [1.54, 1.807) is 0 Å². The van der Waals surface area contributed by atoms with Crippen molar-refractivity contribution in [2.24, 2.45) is 16.2 Å². The summed E-state index contributed by atoms with van der Waals surface area (Å²) in [5.41, 5.74) is 2.84. The lowest BCUT2D eigenvalue weighted by molar-refractivity contribution is -0.175. The van der Waals surface area contributed by atoms with Crippen LogP contribution in [0.3, 0.4) is 0 Å². The number of carboxylic acid groups (broad SMARTS) is 6. The Labute approximate surface area is 502 Å². The molecule has 468 valence electrons. The van der Waals surface area contributed by atoms with E-state index in [1.807, 2.05) is 0 Å². The molecule has 0 atom stereocenters. The maximum Gasteiger partial charge on any atom is 0.321 e. The molecule has 0 aliphatic heterocycles. The summed E-state index contributed by atoms with van der Waals surface area (Å²) >= 11 is 0. The number of nitrogens with one attached hydrogen (secondary N) is 3. The Balaban J connectivity index is 0.000000270. The monoisotopic (exact) mass is 1170 g/mol. The molecule has 0 amide bonds. The Hall–Kier alpha value is -5.64. The number of unbranched alkanes of at least 4 members (excludes halogenated alkanes) is 20. The maximum absolute atomic E-state index is 11.2. The lowest BCUT2D eigenvalue weighted by atomic mass is 9.65. The minimum Gasteiger partial charge on any atom is -0.480 e. The van der Waals surface area contributed by atoms with Gasteiger partial charge in [0.05, 0.1) is 0 Å². The fraction of sp³-hybridized carbons (Fsp3) is 0.652. The summed E-state index contributed by atoms with van der Waals surface area (Å²) in [5.74, 6) is -7.39. The summed E-state index contributed by atoms with van der Waals surface area (Å²) in [4.78, 5) is 67.0. The van der Waals surface area contributed by atoms with Gasteiger partial charge in [0.1, 0.15) is 0 Å². The van der Waals surface area contributed by atoms with Crippen molar-refractivity contribution in [1.29, 1.82) is 0 Å². The molecule has 0 radical (unpaired) electrons. The lowest BCUT2D eigenvalue weighted by Crippen LogP contribution is -2.57. The van der Waals surface area contributed by atoms with Gasteiger partial charge in [0.2, 0.25) is 0 Å². The molecule has 0 spiro atoms. The molecule has 3 aliphatic carbocycles. The van der Waals surface area contributed by atoms with Gasteiger partial charge in [-0.3, -0.25) is 28.8 Å². The van der Waals surface area contributed by atoms with Gasteiger partial charge in [-0.15, -0.1) is 0 Å². The zero-order valence-electron chi connectivity index (χ0n) is 51.2. The zero-order chi connectivity index (χ0) is 61.2. The number of hydrogen-bond acceptors (Lipinski definition) is 9. The fourth-order valence-corrected chi connectivity index (χ4v) is 11.8. The molecule has 84 heavy (non-hydrogen) atoms. The van der Waals surface area contributed by atoms with Crippen LogP contribution in [0.1, 0.15) is 240 Å². The highest BCUT2D eigenvalue weighted by Crippen LogP contribution is 2.44. The number of aryl methyl sites for hydroxylation is 3. The maximum atomic E-state index is 11.2. The summed E-state index contributed by atoms with van der Waals surface area (Å²) in [6, 6.07) is 25.7. The highest BCUT2D eigenvalue weighted by Gasteiger charge is 2.58. The summed E-state index contributed by atoms with van der Waals surface area (Å²) in [5, 5.41) is 64.6. The number of rotatable bonds is 42. The second-order valence-electron chi connectivity index (χ2n) is 24.6. The van der Waals surface area contributed by atoms with Crippen LogP contribution in [0.5, 0.6) is 0 Å². The van der Waals surface area contributed by atoms with Gasteiger partial charge in [0.15, 0.2) is 16.2 Å². The van der Waals surface area contributed by atoms with Crippen molar-refractivity contribution >= 4 is 35.8 Å². The van der Waals surface area contributed by atoms with E-state index in [0.717, 1.165) is 43.4 Å². The van der Waals surface area contributed by atoms with Gasteiger partial charge in [-0.25, -0.2) is 0 Å². The molecule has 15 nitrogen and oxygen atoms in total. The van der Waals surface area contributed by atoms with Crippen molar-refractivity contribution in [3.63, 3.8) is 0 Å². The van der Waals surface area contributed by atoms with E-state index < -0.39 is 52.1 Å². The Bertz CT molecular complexity index is 2340. The first kappa shape index (κ1) is 70.8. The summed E-state index contributed by atoms with van der Waals surface area (Å²) < 4.78 is 0. The quantitative estimate of drug-likeness (QED) is 0.0189. The topological polar surface area (TPSA) is 260 Å². The van der Waals surface area contributed by atoms with Crippen LogP contribution in [0, 0.1) is 16.2 Å². The van der Waals surface area contributed by atoms with E-state index in [9.17, 15) is 28.8 Å². The van der Waals surface area contributed by atoms with Crippen LogP contribution in [0.4, 0.5) is 0 Å². The second kappa shape index (κ2) is 38.4. The van der Waals surface area contributed by atoms with Crippen LogP contribution >= 0.6 is 0 Å². The highest BCUT2D eigenvalue weighted by molar-refractivity contribution is 6.00. The number of carboxylic acids is 6. The summed E-state index contributed by atoms with van der Waals surface area (Å²) in [6.45, 7) is 8.75. The summed E-state index contributed by atoms with van der Waals surface area (Å²) in [7, 11) is 0. The second-order valence-corrected chi connectivity index (χ2v) is 24.6. The van der Waals surface area contributed by atoms with Crippen molar-refractivity contribution in [3.8, 4) is 0 Å². The molecular weight excluding hydrogens is 1060 g/mol. The normalized spacial score (nSPS) is 15.9. The summed E-state index contributed by atoms with van der Waals surface area (Å²) in [6.07, 6.45) is 35.7. The third-order valence-electron chi connectivity index (χ3n) is 17.8. The third kappa shape index (κ3) is 23.7. The smallest absolute Gasteiger partial charge is 0.321 e. The minimum atomic E-state index is -1.60. The molecule has 6 rings (SSSR count). The van der Waals surface area contributed by atoms with E-state index in [0.29, 0.717) is 13.1 Å².